The molecule has 1 amide bonds. The molecule has 13 heteroatoms. The molecule has 0 saturated carbocycles. The summed E-state index contributed by atoms with van der Waals surface area (Å²) in [6.07, 6.45) is -4.30. The molecule has 1 aromatic carbocycles. The maximum Gasteiger partial charge on any atom is 0.411 e. The van der Waals surface area contributed by atoms with Crippen molar-refractivity contribution in [1.29, 1.82) is 0 Å². The van der Waals surface area contributed by atoms with E-state index >= 15 is 0 Å². The van der Waals surface area contributed by atoms with E-state index in [1.165, 1.54) is 6.20 Å². The minimum Gasteiger partial charge on any atom is -0.465 e. The third-order valence-electron chi connectivity index (χ3n) is 5.23. The summed E-state index contributed by atoms with van der Waals surface area (Å²) in [5, 5.41) is 11.6. The number of nitrogens with one attached hydrogen (secondary N) is 2. The van der Waals surface area contributed by atoms with Crippen LogP contribution < -0.4 is 10.2 Å². The number of fused-ring (bicyclic) bond motifs is 2. The van der Waals surface area contributed by atoms with E-state index in [9.17, 15) is 18.0 Å². The lowest BCUT2D eigenvalue weighted by molar-refractivity contribution is -0.139. The molecule has 0 aliphatic carbocycles. The Labute approximate surface area is 184 Å². The first-order chi connectivity index (χ1) is 15.8. The van der Waals surface area contributed by atoms with Crippen molar-refractivity contribution in [1.82, 2.24) is 24.5 Å². The zero-order valence-corrected chi connectivity index (χ0v) is 17.1. The van der Waals surface area contributed by atoms with E-state index < -0.39 is 18.8 Å². The SMILES string of the molecule is O=C(O)Nc1nc2cc(-c3nc(N4CCOCC4)c4ccn(CC(F)(F)F)c4n3)ccc2[nH]1. The summed E-state index contributed by atoms with van der Waals surface area (Å²) >= 11 is 0. The van der Waals surface area contributed by atoms with Crippen molar-refractivity contribution < 1.29 is 27.8 Å². The van der Waals surface area contributed by atoms with E-state index in [2.05, 4.69) is 25.3 Å². The van der Waals surface area contributed by atoms with Crippen LogP contribution in [0.15, 0.2) is 30.5 Å². The fraction of sp³-hybridized carbons (Fsp3) is 0.300. The molecule has 3 aromatic heterocycles. The van der Waals surface area contributed by atoms with Crippen LogP contribution in [0.4, 0.5) is 29.7 Å². The van der Waals surface area contributed by atoms with Crippen molar-refractivity contribution >= 4 is 39.9 Å². The summed E-state index contributed by atoms with van der Waals surface area (Å²) < 4.78 is 45.9. The molecule has 0 radical (unpaired) electrons. The molecule has 1 saturated heterocycles. The lowest BCUT2D eigenvalue weighted by atomic mass is 10.2. The number of nitrogens with zero attached hydrogens (tertiary/aromatic N) is 5. The fourth-order valence-corrected chi connectivity index (χ4v) is 3.82. The van der Waals surface area contributed by atoms with E-state index in [-0.39, 0.29) is 17.4 Å². The maximum absolute atomic E-state index is 13.1. The van der Waals surface area contributed by atoms with Crippen molar-refractivity contribution in [2.45, 2.75) is 12.7 Å². The second-order valence-corrected chi connectivity index (χ2v) is 7.51. The maximum atomic E-state index is 13.1. The number of rotatable bonds is 4. The summed E-state index contributed by atoms with van der Waals surface area (Å²) in [7, 11) is 0. The molecule has 0 bridgehead atoms. The number of hydrogen-bond donors (Lipinski definition) is 3. The van der Waals surface area contributed by atoms with E-state index in [4.69, 9.17) is 9.84 Å². The topological polar surface area (TPSA) is 121 Å². The van der Waals surface area contributed by atoms with Gasteiger partial charge in [0.25, 0.3) is 0 Å². The number of alkyl halides is 3. The molecule has 1 aliphatic heterocycles. The fourth-order valence-electron chi connectivity index (χ4n) is 3.82. The third kappa shape index (κ3) is 4.26. The van der Waals surface area contributed by atoms with Crippen LogP contribution in [0.3, 0.4) is 0 Å². The number of aromatic amines is 1. The number of imidazole rings is 1. The number of benzene rings is 1. The highest BCUT2D eigenvalue weighted by Crippen LogP contribution is 2.31. The Balaban J connectivity index is 1.63. The Bertz CT molecular complexity index is 1340. The highest BCUT2D eigenvalue weighted by atomic mass is 19.4. The first-order valence-corrected chi connectivity index (χ1v) is 10.0. The number of carbonyl (C=O) groups is 1. The van der Waals surface area contributed by atoms with Crippen molar-refractivity contribution in [2.24, 2.45) is 0 Å². The quantitative estimate of drug-likeness (QED) is 0.426. The normalized spacial score (nSPS) is 14.8. The molecule has 0 atom stereocenters. The lowest BCUT2D eigenvalue weighted by Crippen LogP contribution is -2.37. The molecule has 0 unspecified atom stereocenters. The van der Waals surface area contributed by atoms with E-state index in [1.807, 2.05) is 4.90 Å². The summed E-state index contributed by atoms with van der Waals surface area (Å²) in [6, 6.07) is 6.63. The van der Waals surface area contributed by atoms with Crippen molar-refractivity contribution in [3.63, 3.8) is 0 Å². The minimum atomic E-state index is -4.41. The van der Waals surface area contributed by atoms with Crippen molar-refractivity contribution in [3.05, 3.63) is 30.5 Å². The molecule has 3 N–H and O–H groups in total. The Morgan fingerprint density at radius 1 is 1.18 bits per heavy atom. The van der Waals surface area contributed by atoms with Crippen LogP contribution in [0.25, 0.3) is 33.5 Å². The predicted molar refractivity (Wildman–Crippen MR) is 113 cm³/mol. The number of aromatic nitrogens is 5. The Morgan fingerprint density at radius 2 is 1.97 bits per heavy atom. The molecule has 5 rings (SSSR count). The number of ether oxygens (including phenoxy) is 1. The largest absolute Gasteiger partial charge is 0.465 e. The molecule has 0 spiro atoms. The van der Waals surface area contributed by atoms with Gasteiger partial charge in [0.1, 0.15) is 18.0 Å². The highest BCUT2D eigenvalue weighted by molar-refractivity contribution is 5.91. The lowest BCUT2D eigenvalue weighted by Gasteiger charge is -2.28. The van der Waals surface area contributed by atoms with Gasteiger partial charge in [-0.25, -0.2) is 19.7 Å². The van der Waals surface area contributed by atoms with Gasteiger partial charge in [0.15, 0.2) is 5.82 Å². The van der Waals surface area contributed by atoms with Gasteiger partial charge in [0, 0.05) is 24.8 Å². The molecule has 172 valence electrons. The predicted octanol–water partition coefficient (Wildman–Crippen LogP) is 3.46. The highest BCUT2D eigenvalue weighted by Gasteiger charge is 2.29. The summed E-state index contributed by atoms with van der Waals surface area (Å²) in [5.41, 5.74) is 1.75. The zero-order chi connectivity index (χ0) is 23.2. The number of H-pyrrole nitrogens is 1. The van der Waals surface area contributed by atoms with Crippen LogP contribution in [-0.4, -0.2) is 68.2 Å². The average Bonchev–Trinajstić information content (AvgIpc) is 3.35. The van der Waals surface area contributed by atoms with Gasteiger partial charge in [0.2, 0.25) is 5.95 Å². The second kappa shape index (κ2) is 7.92. The van der Waals surface area contributed by atoms with Crippen LogP contribution in [0.5, 0.6) is 0 Å². The number of carboxylic acid groups (broad SMARTS) is 1. The minimum absolute atomic E-state index is 0.0547. The number of anilines is 2. The van der Waals surface area contributed by atoms with Crippen LogP contribution in [0, 0.1) is 0 Å². The van der Waals surface area contributed by atoms with E-state index in [0.717, 1.165) is 4.57 Å². The van der Waals surface area contributed by atoms with Crippen molar-refractivity contribution in [2.75, 3.05) is 36.5 Å². The Morgan fingerprint density at radius 3 is 2.70 bits per heavy atom. The monoisotopic (exact) mass is 461 g/mol. The van der Waals surface area contributed by atoms with Gasteiger partial charge < -0.3 is 24.3 Å². The molecule has 1 aliphatic rings. The average molecular weight is 461 g/mol. The van der Waals surface area contributed by atoms with Crippen LogP contribution in [0.1, 0.15) is 0 Å². The van der Waals surface area contributed by atoms with E-state index in [0.29, 0.717) is 54.1 Å². The van der Waals surface area contributed by atoms with Crippen molar-refractivity contribution in [3.8, 4) is 11.4 Å². The number of morpholine rings is 1. The summed E-state index contributed by atoms with van der Waals surface area (Å²) in [4.78, 5) is 29.0. The van der Waals surface area contributed by atoms with Crippen LogP contribution in [-0.2, 0) is 11.3 Å². The number of amides is 1. The molecular weight excluding hydrogens is 443 g/mol. The van der Waals surface area contributed by atoms with E-state index in [1.54, 1.807) is 24.3 Å². The first kappa shape index (κ1) is 21.0. The van der Waals surface area contributed by atoms with Gasteiger partial charge in [-0.15, -0.1) is 0 Å². The second-order valence-electron chi connectivity index (χ2n) is 7.51. The molecule has 4 heterocycles. The first-order valence-electron chi connectivity index (χ1n) is 10.0. The number of halogens is 3. The summed E-state index contributed by atoms with van der Waals surface area (Å²) in [6.45, 7) is 0.917. The van der Waals surface area contributed by atoms with Crippen LogP contribution >= 0.6 is 0 Å². The molecular formula is C20H18F3N7O3. The third-order valence-corrected chi connectivity index (χ3v) is 5.23. The molecule has 4 aromatic rings. The zero-order valence-electron chi connectivity index (χ0n) is 17.1. The standard InChI is InChI=1S/C20H18F3N7O3/c21-20(22,23)10-30-4-3-12-16(29-5-7-33-8-6-29)26-15(27-17(12)30)11-1-2-13-14(9-11)25-18(24-13)28-19(31)32/h1-4,9H,5-8,10H2,(H,31,32)(H2,24,25,28). The molecule has 33 heavy (non-hydrogen) atoms. The van der Waals surface area contributed by atoms with Gasteiger partial charge >= 0.3 is 12.3 Å². The van der Waals surface area contributed by atoms with Gasteiger partial charge in [-0.3, -0.25) is 5.32 Å². The number of hydrogen-bond acceptors (Lipinski definition) is 6. The van der Waals surface area contributed by atoms with Gasteiger partial charge in [-0.1, -0.05) is 0 Å². The van der Waals surface area contributed by atoms with Gasteiger partial charge in [-0.2, -0.15) is 13.2 Å². The Kier molecular flexibility index (Phi) is 5.04. The smallest absolute Gasteiger partial charge is 0.411 e. The van der Waals surface area contributed by atoms with Crippen LogP contribution in [0.2, 0.25) is 0 Å². The van der Waals surface area contributed by atoms with Gasteiger partial charge in [0.05, 0.1) is 29.6 Å². The molecule has 1 fully saturated rings. The van der Waals surface area contributed by atoms with Gasteiger partial charge in [-0.05, 0) is 24.3 Å². The Hall–Kier alpha value is -3.87. The molecule has 10 nitrogen and oxygen atoms in total. The summed E-state index contributed by atoms with van der Waals surface area (Å²) in [5.74, 6) is 0.831.